The molecule has 1 N–H and O–H groups in total. The smallest absolute Gasteiger partial charge is 0.142 e. The van der Waals surface area contributed by atoms with Crippen molar-refractivity contribution in [3.8, 4) is 5.75 Å². The third-order valence-electron chi connectivity index (χ3n) is 4.95. The van der Waals surface area contributed by atoms with Gasteiger partial charge >= 0.3 is 0 Å². The molecule has 122 valence electrons. The Bertz CT molecular complexity index is 699. The van der Waals surface area contributed by atoms with Gasteiger partial charge in [0.15, 0.2) is 0 Å². The van der Waals surface area contributed by atoms with Crippen LogP contribution in [0.25, 0.3) is 0 Å². The second-order valence-electron chi connectivity index (χ2n) is 6.68. The molecule has 2 aromatic carbocycles. The first-order valence-corrected chi connectivity index (χ1v) is 8.93. The predicted octanol–water partition coefficient (Wildman–Crippen LogP) is 5.96. The lowest BCUT2D eigenvalue weighted by Gasteiger charge is -2.12. The molecule has 4 heteroatoms. The van der Waals surface area contributed by atoms with Crippen LogP contribution in [0.15, 0.2) is 46.9 Å². The maximum absolute atomic E-state index is 6.10. The van der Waals surface area contributed by atoms with Gasteiger partial charge in [-0.15, -0.1) is 0 Å². The molecular formula is C19H21BrClNO. The Morgan fingerprint density at radius 3 is 2.52 bits per heavy atom. The lowest BCUT2D eigenvalue weighted by molar-refractivity contribution is 0.416. The summed E-state index contributed by atoms with van der Waals surface area (Å²) in [5.74, 6) is 1.99. The Hall–Kier alpha value is -1.19. The monoisotopic (exact) mass is 393 g/mol. The van der Waals surface area contributed by atoms with Crippen LogP contribution in [0.3, 0.4) is 0 Å². The van der Waals surface area contributed by atoms with Crippen molar-refractivity contribution in [2.75, 3.05) is 19.0 Å². The van der Waals surface area contributed by atoms with E-state index in [9.17, 15) is 0 Å². The van der Waals surface area contributed by atoms with Gasteiger partial charge in [0.05, 0.1) is 12.8 Å². The zero-order valence-corrected chi connectivity index (χ0v) is 15.9. The average Bonchev–Trinajstić information content (AvgIpc) is 3.07. The van der Waals surface area contributed by atoms with Gasteiger partial charge in [-0.2, -0.15) is 0 Å². The van der Waals surface area contributed by atoms with Crippen LogP contribution in [-0.4, -0.2) is 13.7 Å². The molecule has 2 aromatic rings. The minimum Gasteiger partial charge on any atom is -0.495 e. The average molecular weight is 395 g/mol. The summed E-state index contributed by atoms with van der Waals surface area (Å²) < 4.78 is 6.53. The summed E-state index contributed by atoms with van der Waals surface area (Å²) in [6, 6.07) is 14.3. The Morgan fingerprint density at radius 2 is 1.87 bits per heavy atom. The zero-order valence-electron chi connectivity index (χ0n) is 13.6. The molecule has 1 aliphatic rings. The standard InChI is InChI=1S/C19H21BrClNO/c1-19(2)15(18(19)12-4-6-13(20)7-5-12)11-22-16-10-14(21)8-9-17(16)23-3/h4-10,15,18,22H,11H2,1-3H3/t15-,18-/m1/s1. The number of rotatable bonds is 5. The van der Waals surface area contributed by atoms with E-state index in [-0.39, 0.29) is 0 Å². The lowest BCUT2D eigenvalue weighted by Crippen LogP contribution is -2.08. The van der Waals surface area contributed by atoms with E-state index < -0.39 is 0 Å². The summed E-state index contributed by atoms with van der Waals surface area (Å²) in [4.78, 5) is 0. The van der Waals surface area contributed by atoms with Crippen molar-refractivity contribution in [3.05, 3.63) is 57.5 Å². The summed E-state index contributed by atoms with van der Waals surface area (Å²) in [6.07, 6.45) is 0. The van der Waals surface area contributed by atoms with Gasteiger partial charge in [0.1, 0.15) is 5.75 Å². The summed E-state index contributed by atoms with van der Waals surface area (Å²) in [5.41, 5.74) is 2.66. The van der Waals surface area contributed by atoms with E-state index in [0.29, 0.717) is 22.3 Å². The van der Waals surface area contributed by atoms with Crippen molar-refractivity contribution in [1.82, 2.24) is 0 Å². The largest absolute Gasteiger partial charge is 0.495 e. The molecule has 0 aromatic heterocycles. The van der Waals surface area contributed by atoms with Crippen LogP contribution in [0.2, 0.25) is 5.02 Å². The van der Waals surface area contributed by atoms with Gasteiger partial charge in [-0.1, -0.05) is 53.5 Å². The maximum atomic E-state index is 6.10. The molecule has 3 rings (SSSR count). The van der Waals surface area contributed by atoms with Gasteiger partial charge < -0.3 is 10.1 Å². The predicted molar refractivity (Wildman–Crippen MR) is 101 cm³/mol. The highest BCUT2D eigenvalue weighted by atomic mass is 79.9. The molecular weight excluding hydrogens is 374 g/mol. The summed E-state index contributed by atoms with van der Waals surface area (Å²) in [7, 11) is 1.68. The number of methoxy groups -OCH3 is 1. The molecule has 0 saturated heterocycles. The first kappa shape index (κ1) is 16.7. The topological polar surface area (TPSA) is 21.3 Å². The van der Waals surface area contributed by atoms with Gasteiger partial charge in [-0.05, 0) is 53.1 Å². The summed E-state index contributed by atoms with van der Waals surface area (Å²) >= 11 is 9.60. The van der Waals surface area contributed by atoms with Crippen LogP contribution < -0.4 is 10.1 Å². The number of hydrogen-bond acceptors (Lipinski definition) is 2. The second kappa shape index (κ2) is 6.37. The van der Waals surface area contributed by atoms with Gasteiger partial charge in [0, 0.05) is 16.0 Å². The van der Waals surface area contributed by atoms with Crippen molar-refractivity contribution >= 4 is 33.2 Å². The van der Waals surface area contributed by atoms with E-state index in [0.717, 1.165) is 22.5 Å². The molecule has 23 heavy (non-hydrogen) atoms. The number of nitrogens with one attached hydrogen (secondary N) is 1. The molecule has 1 fully saturated rings. The minimum atomic E-state index is 0.298. The van der Waals surface area contributed by atoms with Crippen molar-refractivity contribution in [3.63, 3.8) is 0 Å². The molecule has 0 aliphatic heterocycles. The summed E-state index contributed by atoms with van der Waals surface area (Å²) in [5, 5.41) is 4.23. The van der Waals surface area contributed by atoms with Gasteiger partial charge in [0.25, 0.3) is 0 Å². The summed E-state index contributed by atoms with van der Waals surface area (Å²) in [6.45, 7) is 5.58. The molecule has 0 amide bonds. The van der Waals surface area contributed by atoms with Crippen LogP contribution in [0, 0.1) is 11.3 Å². The molecule has 0 bridgehead atoms. The third kappa shape index (κ3) is 3.36. The SMILES string of the molecule is COc1ccc(Cl)cc1NC[C@@H]1[C@@H](c2ccc(Br)cc2)C1(C)C. The van der Waals surface area contributed by atoms with E-state index in [1.165, 1.54) is 5.56 Å². The first-order valence-electron chi connectivity index (χ1n) is 7.76. The highest BCUT2D eigenvalue weighted by Gasteiger charge is 2.57. The molecule has 1 aliphatic carbocycles. The van der Waals surface area contributed by atoms with Crippen LogP contribution in [0.5, 0.6) is 5.75 Å². The molecule has 2 nitrogen and oxygen atoms in total. The quantitative estimate of drug-likeness (QED) is 0.675. The number of halogens is 2. The highest BCUT2D eigenvalue weighted by Crippen LogP contribution is 2.64. The van der Waals surface area contributed by atoms with E-state index in [1.54, 1.807) is 7.11 Å². The van der Waals surface area contributed by atoms with E-state index in [1.807, 2.05) is 18.2 Å². The van der Waals surface area contributed by atoms with Crippen molar-refractivity contribution < 1.29 is 4.74 Å². The first-order chi connectivity index (χ1) is 10.9. The number of benzene rings is 2. The fraction of sp³-hybridized carbons (Fsp3) is 0.368. The zero-order chi connectivity index (χ0) is 16.6. The van der Waals surface area contributed by atoms with Crippen LogP contribution in [-0.2, 0) is 0 Å². The van der Waals surface area contributed by atoms with Gasteiger partial charge in [0.2, 0.25) is 0 Å². The minimum absolute atomic E-state index is 0.298. The highest BCUT2D eigenvalue weighted by molar-refractivity contribution is 9.10. The second-order valence-corrected chi connectivity index (χ2v) is 8.03. The van der Waals surface area contributed by atoms with E-state index in [2.05, 4.69) is 59.4 Å². The van der Waals surface area contributed by atoms with Gasteiger partial charge in [-0.25, -0.2) is 0 Å². The van der Waals surface area contributed by atoms with Crippen LogP contribution in [0.1, 0.15) is 25.3 Å². The van der Waals surface area contributed by atoms with E-state index >= 15 is 0 Å². The normalized spacial score (nSPS) is 21.8. The molecule has 0 spiro atoms. The fourth-order valence-corrected chi connectivity index (χ4v) is 3.93. The third-order valence-corrected chi connectivity index (χ3v) is 5.72. The van der Waals surface area contributed by atoms with E-state index in [4.69, 9.17) is 16.3 Å². The van der Waals surface area contributed by atoms with Crippen LogP contribution >= 0.6 is 27.5 Å². The number of hydrogen-bond donors (Lipinski definition) is 1. The number of ether oxygens (including phenoxy) is 1. The fourth-order valence-electron chi connectivity index (χ4n) is 3.50. The Balaban J connectivity index is 1.71. The van der Waals surface area contributed by atoms with Crippen molar-refractivity contribution in [1.29, 1.82) is 0 Å². The molecule has 2 atom stereocenters. The Labute approximate surface area is 151 Å². The Kier molecular flexibility index (Phi) is 4.61. The Morgan fingerprint density at radius 1 is 1.17 bits per heavy atom. The number of anilines is 1. The van der Waals surface area contributed by atoms with Crippen molar-refractivity contribution in [2.24, 2.45) is 11.3 Å². The van der Waals surface area contributed by atoms with Crippen molar-refractivity contribution in [2.45, 2.75) is 19.8 Å². The molecule has 0 heterocycles. The van der Waals surface area contributed by atoms with Crippen LogP contribution in [0.4, 0.5) is 5.69 Å². The molecule has 1 saturated carbocycles. The molecule has 0 radical (unpaired) electrons. The molecule has 0 unspecified atom stereocenters. The van der Waals surface area contributed by atoms with Gasteiger partial charge in [-0.3, -0.25) is 0 Å². The lowest BCUT2D eigenvalue weighted by atomic mass is 10.0. The maximum Gasteiger partial charge on any atom is 0.142 e.